The minimum atomic E-state index is -0.0239. The predicted octanol–water partition coefficient (Wildman–Crippen LogP) is 4.14. The molecule has 2 aromatic carbocycles. The van der Waals surface area contributed by atoms with E-state index >= 15 is 0 Å². The van der Waals surface area contributed by atoms with Crippen molar-refractivity contribution < 1.29 is 9.53 Å². The van der Waals surface area contributed by atoms with Crippen LogP contribution in [0.1, 0.15) is 36.4 Å². The molecule has 2 aromatic rings. The summed E-state index contributed by atoms with van der Waals surface area (Å²) in [6.45, 7) is 3.38. The Hall–Kier alpha value is -2.76. The highest BCUT2D eigenvalue weighted by Crippen LogP contribution is 2.44. The van der Waals surface area contributed by atoms with Crippen LogP contribution in [0.4, 0.5) is 0 Å². The summed E-state index contributed by atoms with van der Waals surface area (Å²) in [5.41, 5.74) is 4.72. The molecule has 2 atom stereocenters. The molecule has 1 amide bonds. The number of hydrazone groups is 1. The summed E-state index contributed by atoms with van der Waals surface area (Å²) in [4.78, 5) is 15.6. The molecule has 1 saturated heterocycles. The average molecular weight is 416 g/mol. The van der Waals surface area contributed by atoms with E-state index in [0.29, 0.717) is 19.8 Å². The van der Waals surface area contributed by atoms with Gasteiger partial charge in [0.25, 0.3) is 5.91 Å². The van der Waals surface area contributed by atoms with Crippen molar-refractivity contribution >= 4 is 17.7 Å². The molecule has 5 nitrogen and oxygen atoms in total. The highest BCUT2D eigenvalue weighted by molar-refractivity contribution is 6.08. The highest BCUT2D eigenvalue weighted by atomic mass is 16.5. The van der Waals surface area contributed by atoms with Crippen molar-refractivity contribution in [1.82, 2.24) is 9.91 Å². The number of rotatable bonds is 4. The average Bonchev–Trinajstić information content (AvgIpc) is 3.22. The highest BCUT2D eigenvalue weighted by Gasteiger charge is 2.43. The lowest BCUT2D eigenvalue weighted by Crippen LogP contribution is -2.44. The van der Waals surface area contributed by atoms with Crippen LogP contribution in [0.25, 0.3) is 6.08 Å². The van der Waals surface area contributed by atoms with Crippen molar-refractivity contribution in [3.63, 3.8) is 0 Å². The summed E-state index contributed by atoms with van der Waals surface area (Å²) in [5.74, 6) is 0.330. The van der Waals surface area contributed by atoms with Gasteiger partial charge in [0.2, 0.25) is 0 Å². The number of morpholine rings is 1. The molecule has 160 valence electrons. The monoisotopic (exact) mass is 415 g/mol. The number of hydrogen-bond donors (Lipinski definition) is 0. The molecule has 5 heteroatoms. The lowest BCUT2D eigenvalue weighted by molar-refractivity contribution is -0.135. The third-order valence-corrected chi connectivity index (χ3v) is 6.50. The number of benzene rings is 2. The molecule has 0 radical (unpaired) electrons. The first-order chi connectivity index (χ1) is 15.3. The Balaban J connectivity index is 1.47. The maximum Gasteiger partial charge on any atom is 0.257 e. The second kappa shape index (κ2) is 9.16. The van der Waals surface area contributed by atoms with E-state index in [1.54, 1.807) is 5.01 Å². The van der Waals surface area contributed by atoms with Gasteiger partial charge in [-0.15, -0.1) is 0 Å². The molecule has 0 spiro atoms. The van der Waals surface area contributed by atoms with Crippen LogP contribution in [0.3, 0.4) is 0 Å². The molecule has 3 aliphatic rings. The Morgan fingerprint density at radius 2 is 1.74 bits per heavy atom. The maximum absolute atomic E-state index is 13.4. The molecule has 1 saturated carbocycles. The fourth-order valence-electron chi connectivity index (χ4n) is 4.96. The van der Waals surface area contributed by atoms with Crippen molar-refractivity contribution in [2.45, 2.75) is 25.3 Å². The molecule has 5 rings (SSSR count). The number of ether oxygens (including phenoxy) is 1. The number of carbonyl (C=O) groups excluding carboxylic acids is 1. The number of amides is 1. The topological polar surface area (TPSA) is 45.1 Å². The van der Waals surface area contributed by atoms with Gasteiger partial charge in [0, 0.05) is 19.0 Å². The lowest BCUT2D eigenvalue weighted by Gasteiger charge is -2.31. The fraction of sp³-hybridized carbons (Fsp3) is 0.385. The van der Waals surface area contributed by atoms with E-state index in [0.717, 1.165) is 38.1 Å². The molecule has 0 unspecified atom stereocenters. The van der Waals surface area contributed by atoms with E-state index in [-0.39, 0.29) is 17.9 Å². The molecule has 31 heavy (non-hydrogen) atoms. The third-order valence-electron chi connectivity index (χ3n) is 6.50. The molecule has 2 aliphatic heterocycles. The normalized spacial score (nSPS) is 25.4. The zero-order chi connectivity index (χ0) is 21.0. The van der Waals surface area contributed by atoms with Crippen molar-refractivity contribution in [3.05, 3.63) is 77.4 Å². The van der Waals surface area contributed by atoms with E-state index < -0.39 is 0 Å². The SMILES string of the molecule is O=C(CN1CCOCC1)N1N=C2/C(=C/c3ccccc3)CCC[C@@H]2[C@H]1c1ccccc1. The van der Waals surface area contributed by atoms with Crippen LogP contribution in [0, 0.1) is 5.92 Å². The fourth-order valence-corrected chi connectivity index (χ4v) is 4.96. The second-order valence-electron chi connectivity index (χ2n) is 8.55. The smallest absolute Gasteiger partial charge is 0.257 e. The number of fused-ring (bicyclic) bond motifs is 1. The van der Waals surface area contributed by atoms with E-state index in [9.17, 15) is 4.79 Å². The van der Waals surface area contributed by atoms with Crippen LogP contribution in [0.15, 0.2) is 71.3 Å². The zero-order valence-corrected chi connectivity index (χ0v) is 17.8. The van der Waals surface area contributed by atoms with Gasteiger partial charge >= 0.3 is 0 Å². The first kappa shape index (κ1) is 20.2. The molecule has 0 N–H and O–H groups in total. The summed E-state index contributed by atoms with van der Waals surface area (Å²) < 4.78 is 5.44. The van der Waals surface area contributed by atoms with Gasteiger partial charge < -0.3 is 4.74 Å². The third kappa shape index (κ3) is 4.34. The Morgan fingerprint density at radius 3 is 2.48 bits per heavy atom. The zero-order valence-electron chi connectivity index (χ0n) is 17.8. The maximum atomic E-state index is 13.4. The van der Waals surface area contributed by atoms with Gasteiger partial charge in [0.15, 0.2) is 0 Å². The van der Waals surface area contributed by atoms with Crippen molar-refractivity contribution in [3.8, 4) is 0 Å². The Kier molecular flexibility index (Phi) is 5.96. The number of nitrogens with zero attached hydrogens (tertiary/aromatic N) is 3. The first-order valence-electron chi connectivity index (χ1n) is 11.3. The standard InChI is InChI=1S/C26H29N3O2/c30-24(19-28-14-16-31-17-15-28)29-26(21-10-5-2-6-11-21)23-13-7-12-22(25(23)27-29)18-20-8-3-1-4-9-20/h1-6,8-11,18,23,26H,7,12-17,19H2/b22-18+/t23-,26+/m0/s1. The first-order valence-corrected chi connectivity index (χ1v) is 11.3. The molecule has 2 fully saturated rings. The van der Waals surface area contributed by atoms with Gasteiger partial charge in [-0.25, -0.2) is 5.01 Å². The molecule has 0 aromatic heterocycles. The Labute approximate surface area is 184 Å². The van der Waals surface area contributed by atoms with Crippen LogP contribution in [0.5, 0.6) is 0 Å². The van der Waals surface area contributed by atoms with Crippen LogP contribution in [0.2, 0.25) is 0 Å². The van der Waals surface area contributed by atoms with E-state index in [4.69, 9.17) is 9.84 Å². The molecular formula is C26H29N3O2. The quantitative estimate of drug-likeness (QED) is 0.754. The van der Waals surface area contributed by atoms with Gasteiger partial charge in [-0.3, -0.25) is 9.69 Å². The predicted molar refractivity (Wildman–Crippen MR) is 122 cm³/mol. The van der Waals surface area contributed by atoms with Crippen LogP contribution in [-0.4, -0.2) is 54.4 Å². The summed E-state index contributed by atoms with van der Waals surface area (Å²) in [6, 6.07) is 20.8. The van der Waals surface area contributed by atoms with Gasteiger partial charge in [-0.05, 0) is 42.0 Å². The lowest BCUT2D eigenvalue weighted by atomic mass is 9.77. The number of carbonyl (C=O) groups is 1. The van der Waals surface area contributed by atoms with Crippen LogP contribution >= 0.6 is 0 Å². The minimum absolute atomic E-state index is 0.0239. The summed E-state index contributed by atoms with van der Waals surface area (Å²) in [5, 5.41) is 6.77. The van der Waals surface area contributed by atoms with Gasteiger partial charge in [0.1, 0.15) is 0 Å². The largest absolute Gasteiger partial charge is 0.379 e. The van der Waals surface area contributed by atoms with E-state index in [1.165, 1.54) is 16.7 Å². The van der Waals surface area contributed by atoms with Crippen LogP contribution in [-0.2, 0) is 9.53 Å². The summed E-state index contributed by atoms with van der Waals surface area (Å²) >= 11 is 0. The van der Waals surface area contributed by atoms with Crippen molar-refractivity contribution in [1.29, 1.82) is 0 Å². The minimum Gasteiger partial charge on any atom is -0.379 e. The van der Waals surface area contributed by atoms with E-state index in [1.807, 2.05) is 12.1 Å². The van der Waals surface area contributed by atoms with Gasteiger partial charge in [0.05, 0.1) is 31.5 Å². The van der Waals surface area contributed by atoms with E-state index in [2.05, 4.69) is 59.5 Å². The second-order valence-corrected chi connectivity index (χ2v) is 8.55. The summed E-state index contributed by atoms with van der Waals surface area (Å²) in [6.07, 6.45) is 5.45. The Bertz CT molecular complexity index is 965. The van der Waals surface area contributed by atoms with Gasteiger partial charge in [-0.1, -0.05) is 60.7 Å². The molecule has 1 aliphatic carbocycles. The Morgan fingerprint density at radius 1 is 1.03 bits per heavy atom. The molecule has 2 heterocycles. The molecular weight excluding hydrogens is 386 g/mol. The van der Waals surface area contributed by atoms with Gasteiger partial charge in [-0.2, -0.15) is 5.10 Å². The van der Waals surface area contributed by atoms with Crippen LogP contribution < -0.4 is 0 Å². The number of hydrogen-bond acceptors (Lipinski definition) is 4. The number of allylic oxidation sites excluding steroid dienone is 1. The van der Waals surface area contributed by atoms with Crippen molar-refractivity contribution in [2.75, 3.05) is 32.8 Å². The molecule has 0 bridgehead atoms. The summed E-state index contributed by atoms with van der Waals surface area (Å²) in [7, 11) is 0. The van der Waals surface area contributed by atoms with Crippen molar-refractivity contribution in [2.24, 2.45) is 11.0 Å².